The SMILES string of the molecule is CCOC(=O)COc1c(Br)cc(/C=C2\N=C(c3ccc(C(C)C)cc3)OC2=O)cc1OC. The number of esters is 2. The topological polar surface area (TPSA) is 83.4 Å². The van der Waals surface area contributed by atoms with Crippen molar-refractivity contribution in [3.05, 3.63) is 63.3 Å². The number of methoxy groups -OCH3 is 1. The first-order valence-electron chi connectivity index (χ1n) is 10.1. The highest BCUT2D eigenvalue weighted by Gasteiger charge is 2.24. The van der Waals surface area contributed by atoms with E-state index < -0.39 is 11.9 Å². The van der Waals surface area contributed by atoms with Gasteiger partial charge in [-0.25, -0.2) is 14.6 Å². The lowest BCUT2D eigenvalue weighted by Gasteiger charge is -2.13. The molecular formula is C24H24BrNO6. The summed E-state index contributed by atoms with van der Waals surface area (Å²) < 4.78 is 21.7. The molecule has 2 aromatic carbocycles. The van der Waals surface area contributed by atoms with Gasteiger partial charge in [-0.2, -0.15) is 0 Å². The maximum atomic E-state index is 12.4. The van der Waals surface area contributed by atoms with Crippen molar-refractivity contribution in [3.8, 4) is 11.5 Å². The van der Waals surface area contributed by atoms with Crippen molar-refractivity contribution in [2.45, 2.75) is 26.7 Å². The second-order valence-corrected chi connectivity index (χ2v) is 8.09. The van der Waals surface area contributed by atoms with Crippen LogP contribution < -0.4 is 9.47 Å². The van der Waals surface area contributed by atoms with E-state index in [0.29, 0.717) is 27.5 Å². The predicted molar refractivity (Wildman–Crippen MR) is 124 cm³/mol. The first-order chi connectivity index (χ1) is 15.3. The zero-order valence-electron chi connectivity index (χ0n) is 18.3. The number of carbonyl (C=O) groups excluding carboxylic acids is 2. The molecule has 0 atom stereocenters. The van der Waals surface area contributed by atoms with Gasteiger partial charge in [-0.15, -0.1) is 0 Å². The minimum absolute atomic E-state index is 0.169. The zero-order valence-corrected chi connectivity index (χ0v) is 19.9. The van der Waals surface area contributed by atoms with Crippen molar-refractivity contribution in [3.63, 3.8) is 0 Å². The van der Waals surface area contributed by atoms with Crippen molar-refractivity contribution in [1.29, 1.82) is 0 Å². The Labute approximate surface area is 195 Å². The molecule has 0 saturated heterocycles. The molecule has 1 aliphatic heterocycles. The summed E-state index contributed by atoms with van der Waals surface area (Å²) in [6, 6.07) is 11.2. The summed E-state index contributed by atoms with van der Waals surface area (Å²) in [5, 5.41) is 0. The molecule has 0 N–H and O–H groups in total. The van der Waals surface area contributed by atoms with Gasteiger partial charge in [0.05, 0.1) is 18.2 Å². The Morgan fingerprint density at radius 1 is 1.22 bits per heavy atom. The van der Waals surface area contributed by atoms with E-state index in [9.17, 15) is 9.59 Å². The monoisotopic (exact) mass is 501 g/mol. The molecule has 1 heterocycles. The first-order valence-corrected chi connectivity index (χ1v) is 10.9. The number of nitrogens with zero attached hydrogens (tertiary/aromatic N) is 1. The van der Waals surface area contributed by atoms with Crippen LogP contribution >= 0.6 is 15.9 Å². The highest BCUT2D eigenvalue weighted by Crippen LogP contribution is 2.37. The van der Waals surface area contributed by atoms with Crippen molar-refractivity contribution >= 4 is 39.8 Å². The molecule has 0 aliphatic carbocycles. The van der Waals surface area contributed by atoms with E-state index in [-0.39, 0.29) is 24.8 Å². The van der Waals surface area contributed by atoms with E-state index in [0.717, 1.165) is 5.56 Å². The van der Waals surface area contributed by atoms with Gasteiger partial charge in [-0.05, 0) is 70.2 Å². The lowest BCUT2D eigenvalue weighted by atomic mass is 10.0. The number of hydrogen-bond acceptors (Lipinski definition) is 7. The lowest BCUT2D eigenvalue weighted by molar-refractivity contribution is -0.145. The lowest BCUT2D eigenvalue weighted by Crippen LogP contribution is -2.15. The molecule has 3 rings (SSSR count). The van der Waals surface area contributed by atoms with Crippen molar-refractivity contribution in [1.82, 2.24) is 0 Å². The second-order valence-electron chi connectivity index (χ2n) is 7.24. The quantitative estimate of drug-likeness (QED) is 0.379. The van der Waals surface area contributed by atoms with Crippen LogP contribution in [-0.2, 0) is 19.1 Å². The van der Waals surface area contributed by atoms with Gasteiger partial charge in [-0.3, -0.25) is 0 Å². The van der Waals surface area contributed by atoms with Gasteiger partial charge in [0, 0.05) is 5.56 Å². The molecule has 1 aliphatic rings. The Kier molecular flexibility index (Phi) is 7.69. The van der Waals surface area contributed by atoms with E-state index in [1.165, 1.54) is 12.7 Å². The molecule has 0 amide bonds. The van der Waals surface area contributed by atoms with Crippen LogP contribution in [0.3, 0.4) is 0 Å². The summed E-state index contributed by atoms with van der Waals surface area (Å²) >= 11 is 3.42. The summed E-state index contributed by atoms with van der Waals surface area (Å²) in [6.45, 7) is 5.97. The van der Waals surface area contributed by atoms with E-state index in [1.54, 1.807) is 25.1 Å². The van der Waals surface area contributed by atoms with Gasteiger partial charge in [-0.1, -0.05) is 26.0 Å². The first kappa shape index (κ1) is 23.5. The maximum Gasteiger partial charge on any atom is 0.363 e. The number of hydrogen-bond donors (Lipinski definition) is 0. The fourth-order valence-corrected chi connectivity index (χ4v) is 3.57. The Morgan fingerprint density at radius 3 is 2.56 bits per heavy atom. The molecule has 168 valence electrons. The van der Waals surface area contributed by atoms with Crippen molar-refractivity contribution < 1.29 is 28.5 Å². The van der Waals surface area contributed by atoms with E-state index in [4.69, 9.17) is 18.9 Å². The highest BCUT2D eigenvalue weighted by atomic mass is 79.9. The summed E-state index contributed by atoms with van der Waals surface area (Å²) in [7, 11) is 1.48. The van der Waals surface area contributed by atoms with Crippen LogP contribution in [0.5, 0.6) is 11.5 Å². The van der Waals surface area contributed by atoms with Gasteiger partial charge in [0.1, 0.15) is 0 Å². The normalized spacial score (nSPS) is 14.4. The third-order valence-corrected chi connectivity index (χ3v) is 5.23. The van der Waals surface area contributed by atoms with E-state index >= 15 is 0 Å². The molecule has 0 radical (unpaired) electrons. The second kappa shape index (κ2) is 10.5. The zero-order chi connectivity index (χ0) is 23.3. The van der Waals surface area contributed by atoms with Crippen LogP contribution in [0.2, 0.25) is 0 Å². The minimum Gasteiger partial charge on any atom is -0.493 e. The Hall–Kier alpha value is -3.13. The Bertz CT molecular complexity index is 1070. The molecule has 0 saturated carbocycles. The van der Waals surface area contributed by atoms with Crippen LogP contribution in [0.1, 0.15) is 43.4 Å². The summed E-state index contributed by atoms with van der Waals surface area (Å²) in [4.78, 5) is 28.3. The molecule has 0 aromatic heterocycles. The number of carbonyl (C=O) groups is 2. The van der Waals surface area contributed by atoms with Gasteiger partial charge >= 0.3 is 11.9 Å². The molecule has 0 bridgehead atoms. The largest absolute Gasteiger partial charge is 0.493 e. The molecule has 0 spiro atoms. The summed E-state index contributed by atoms with van der Waals surface area (Å²) in [5.41, 5.74) is 2.73. The van der Waals surface area contributed by atoms with Crippen molar-refractivity contribution in [2.24, 2.45) is 4.99 Å². The molecule has 7 nitrogen and oxygen atoms in total. The number of ether oxygens (including phenoxy) is 4. The number of aliphatic imine (C=N–C) groups is 1. The third-order valence-electron chi connectivity index (χ3n) is 4.64. The number of halogens is 1. The molecule has 0 unspecified atom stereocenters. The standard InChI is InChI=1S/C24H24BrNO6/c1-5-30-21(27)13-31-22-18(25)10-15(12-20(22)29-4)11-19-24(28)32-23(26-19)17-8-6-16(7-9-17)14(2)3/h6-12,14H,5,13H2,1-4H3/b19-11-. The minimum atomic E-state index is -0.536. The Balaban J connectivity index is 1.84. The van der Waals surface area contributed by atoms with Gasteiger partial charge in [0.2, 0.25) is 5.90 Å². The van der Waals surface area contributed by atoms with Gasteiger partial charge in [0.15, 0.2) is 23.8 Å². The smallest absolute Gasteiger partial charge is 0.363 e. The average Bonchev–Trinajstić information content (AvgIpc) is 3.13. The number of rotatable bonds is 8. The maximum absolute atomic E-state index is 12.4. The fourth-order valence-electron chi connectivity index (χ4n) is 3.00. The molecule has 32 heavy (non-hydrogen) atoms. The predicted octanol–water partition coefficient (Wildman–Crippen LogP) is 4.87. The van der Waals surface area contributed by atoms with Crippen LogP contribution in [0.15, 0.2) is 51.6 Å². The summed E-state index contributed by atoms with van der Waals surface area (Å²) in [6.07, 6.45) is 1.60. The van der Waals surface area contributed by atoms with Gasteiger partial charge < -0.3 is 18.9 Å². The highest BCUT2D eigenvalue weighted by molar-refractivity contribution is 9.10. The fraction of sp³-hybridized carbons (Fsp3) is 0.292. The molecule has 0 fully saturated rings. The third kappa shape index (κ3) is 5.56. The van der Waals surface area contributed by atoms with Gasteiger partial charge in [0.25, 0.3) is 0 Å². The van der Waals surface area contributed by atoms with Crippen LogP contribution in [0.4, 0.5) is 0 Å². The molecular weight excluding hydrogens is 478 g/mol. The molecule has 2 aromatic rings. The number of cyclic esters (lactones) is 1. The average molecular weight is 502 g/mol. The van der Waals surface area contributed by atoms with Crippen LogP contribution in [0, 0.1) is 0 Å². The summed E-state index contributed by atoms with van der Waals surface area (Å²) in [5.74, 6) is 0.388. The van der Waals surface area contributed by atoms with Crippen molar-refractivity contribution in [2.75, 3.05) is 20.3 Å². The number of benzene rings is 2. The van der Waals surface area contributed by atoms with E-state index in [1.807, 2.05) is 24.3 Å². The van der Waals surface area contributed by atoms with E-state index in [2.05, 4.69) is 34.8 Å². The van der Waals surface area contributed by atoms with Crippen LogP contribution in [-0.4, -0.2) is 38.2 Å². The van der Waals surface area contributed by atoms with Crippen LogP contribution in [0.25, 0.3) is 6.08 Å². The molecule has 8 heteroatoms. The Morgan fingerprint density at radius 2 is 1.94 bits per heavy atom.